The standard InChI is InChI=1S/Al.3Mg. The summed E-state index contributed by atoms with van der Waals surface area (Å²) in [5.74, 6) is 0. The van der Waals surface area contributed by atoms with E-state index in [0.717, 1.165) is 0 Å². The van der Waals surface area contributed by atoms with Gasteiger partial charge in [-0.05, 0) is 0 Å². The highest BCUT2D eigenvalue weighted by Crippen LogP contribution is -0.378. The van der Waals surface area contributed by atoms with Crippen molar-refractivity contribution in [2.45, 2.75) is 0 Å². The Hall–Kier alpha value is 2.83. The van der Waals surface area contributed by atoms with Gasteiger partial charge in [0.05, 0.1) is 0 Å². The van der Waals surface area contributed by atoms with E-state index < -0.39 is 0 Å². The lowest BCUT2D eigenvalue weighted by Crippen LogP contribution is -0.382. The van der Waals surface area contributed by atoms with Crippen molar-refractivity contribution in [3.8, 4) is 0 Å². The van der Waals surface area contributed by atoms with Crippen LogP contribution in [0.1, 0.15) is 0 Å². The summed E-state index contributed by atoms with van der Waals surface area (Å²) in [5.41, 5.74) is 0. The Morgan fingerprint density at radius 3 is 0.500 bits per heavy atom. The van der Waals surface area contributed by atoms with Crippen molar-refractivity contribution in [2.24, 2.45) is 0 Å². The predicted octanol–water partition coefficient (Wildman–Crippen LogP) is -1.52. The SMILES string of the molecule is [Al].[Mg].[Mg].[Mg]. The summed E-state index contributed by atoms with van der Waals surface area (Å²) >= 11 is 0. The fourth-order valence-electron chi connectivity index (χ4n) is 0. The fraction of sp³-hybridized carbons (Fsp3) is 0. The molecule has 9 radical (unpaired) electrons. The van der Waals surface area contributed by atoms with E-state index in [1.54, 1.807) is 0 Å². The summed E-state index contributed by atoms with van der Waals surface area (Å²) in [4.78, 5) is 0. The van der Waals surface area contributed by atoms with E-state index in [-0.39, 0.29) is 86.5 Å². The Morgan fingerprint density at radius 1 is 0.500 bits per heavy atom. The van der Waals surface area contributed by atoms with Crippen molar-refractivity contribution in [3.05, 3.63) is 0 Å². The highest BCUT2D eigenvalue weighted by atomic mass is 27.0. The molecule has 0 aliphatic heterocycles. The third kappa shape index (κ3) is 8.85. The van der Waals surface area contributed by atoms with Crippen LogP contribution in [0.2, 0.25) is 0 Å². The van der Waals surface area contributed by atoms with Crippen LogP contribution in [-0.2, 0) is 0 Å². The van der Waals surface area contributed by atoms with Crippen molar-refractivity contribution in [3.63, 3.8) is 0 Å². The summed E-state index contributed by atoms with van der Waals surface area (Å²) in [6, 6.07) is 0. The molecule has 0 aromatic carbocycles. The van der Waals surface area contributed by atoms with Crippen LogP contribution in [0.4, 0.5) is 0 Å². The first-order valence-corrected chi connectivity index (χ1v) is 0. The van der Waals surface area contributed by atoms with Crippen molar-refractivity contribution >= 4 is 86.5 Å². The molecule has 0 amide bonds. The highest BCUT2D eigenvalue weighted by Gasteiger charge is 0.00300. The molecule has 0 rings (SSSR count). The Bertz CT molecular complexity index is 3.25. The average Bonchev–Trinajstić information content (AvgIpc) is 0. The van der Waals surface area contributed by atoms with Crippen LogP contribution in [0, 0.1) is 0 Å². The number of hydrogen-bond acceptors (Lipinski definition) is 0. The minimum absolute atomic E-state index is 0. The second-order valence-corrected chi connectivity index (χ2v) is 0. The lowest BCUT2D eigenvalue weighted by molar-refractivity contribution is 5.75. The minimum atomic E-state index is 0. The van der Waals surface area contributed by atoms with Gasteiger partial charge >= 0.3 is 0 Å². The third-order valence-corrected chi connectivity index (χ3v) is 0. The largest absolute Gasteiger partial charge is 0 e. The van der Waals surface area contributed by atoms with Crippen molar-refractivity contribution in [2.75, 3.05) is 0 Å². The summed E-state index contributed by atoms with van der Waals surface area (Å²) in [6.07, 6.45) is 0. The number of rotatable bonds is 0. The van der Waals surface area contributed by atoms with Gasteiger partial charge in [0, 0.05) is 86.5 Å². The summed E-state index contributed by atoms with van der Waals surface area (Å²) in [6.45, 7) is 0. The van der Waals surface area contributed by atoms with Crippen molar-refractivity contribution in [1.29, 1.82) is 0 Å². The molecular weight excluding hydrogens is 99.9 g/mol. The van der Waals surface area contributed by atoms with Gasteiger partial charge in [-0.1, -0.05) is 0 Å². The van der Waals surface area contributed by atoms with Gasteiger partial charge < -0.3 is 0 Å². The summed E-state index contributed by atoms with van der Waals surface area (Å²) in [5, 5.41) is 0. The number of hydrogen-bond donors (Lipinski definition) is 0. The molecule has 0 aliphatic rings. The zero-order chi connectivity index (χ0) is 0. The maximum absolute atomic E-state index is 0. The molecule has 0 unspecified atom stereocenters. The van der Waals surface area contributed by atoms with E-state index in [0.29, 0.717) is 0 Å². The molecule has 0 spiro atoms. The first kappa shape index (κ1) is 29.0. The Labute approximate surface area is 85.1 Å². The predicted molar refractivity (Wildman–Crippen MR) is 23.0 cm³/mol. The smallest absolute Gasteiger partial charge is 0 e. The van der Waals surface area contributed by atoms with E-state index in [9.17, 15) is 0 Å². The second-order valence-electron chi connectivity index (χ2n) is 0. The Balaban J connectivity index is 0. The summed E-state index contributed by atoms with van der Waals surface area (Å²) < 4.78 is 0. The van der Waals surface area contributed by atoms with E-state index >= 15 is 0 Å². The first-order chi connectivity index (χ1) is 0. The molecule has 0 aliphatic carbocycles. The minimum Gasteiger partial charge on any atom is 0 e. The zero-order valence-electron chi connectivity index (χ0n) is 2.70. The van der Waals surface area contributed by atoms with Crippen LogP contribution in [0.15, 0.2) is 0 Å². The van der Waals surface area contributed by atoms with E-state index in [1.807, 2.05) is 0 Å². The fourth-order valence-corrected chi connectivity index (χ4v) is 0. The van der Waals surface area contributed by atoms with Crippen LogP contribution >= 0.6 is 0 Å². The lowest BCUT2D eigenvalue weighted by Gasteiger charge is -0.00100. The molecule has 0 aromatic heterocycles. The molecule has 0 nitrogen and oxygen atoms in total. The molecule has 9 valence electrons. The van der Waals surface area contributed by atoms with Gasteiger partial charge in [0.15, 0.2) is 0 Å². The molecule has 0 atom stereocenters. The van der Waals surface area contributed by atoms with Crippen molar-refractivity contribution < 1.29 is 0 Å². The van der Waals surface area contributed by atoms with Crippen LogP contribution in [0.5, 0.6) is 0 Å². The molecule has 0 saturated carbocycles. The average molecular weight is 99.9 g/mol. The van der Waals surface area contributed by atoms with Crippen LogP contribution < -0.4 is 0 Å². The van der Waals surface area contributed by atoms with Gasteiger partial charge in [0.1, 0.15) is 0 Å². The molecule has 4 heteroatoms. The monoisotopic (exact) mass is 98.9 g/mol. The molecule has 0 aromatic rings. The molecule has 0 bridgehead atoms. The lowest BCUT2D eigenvalue weighted by atomic mass is 24.3. The third-order valence-electron chi connectivity index (χ3n) is 0. The first-order valence-electron chi connectivity index (χ1n) is 0. The maximum atomic E-state index is 0. The van der Waals surface area contributed by atoms with Gasteiger partial charge in [0.25, 0.3) is 0 Å². The molecule has 0 N–H and O–H groups in total. The molecule has 4 heavy (non-hydrogen) atoms. The Morgan fingerprint density at radius 2 is 0.500 bits per heavy atom. The maximum Gasteiger partial charge on any atom is 0 e. The quantitative estimate of drug-likeness (QED) is 0.324. The van der Waals surface area contributed by atoms with E-state index in [2.05, 4.69) is 0 Å². The molecule has 0 fully saturated rings. The zero-order valence-corrected chi connectivity index (χ0v) is 8.10. The van der Waals surface area contributed by atoms with E-state index in [4.69, 9.17) is 0 Å². The molecule has 0 saturated heterocycles. The van der Waals surface area contributed by atoms with Gasteiger partial charge in [-0.3, -0.25) is 0 Å². The van der Waals surface area contributed by atoms with Crippen LogP contribution in [0.25, 0.3) is 0 Å². The Kier molecular flexibility index (Phi) is 123. The van der Waals surface area contributed by atoms with Gasteiger partial charge in [0.2, 0.25) is 0 Å². The van der Waals surface area contributed by atoms with Crippen molar-refractivity contribution in [1.82, 2.24) is 0 Å². The van der Waals surface area contributed by atoms with Crippen LogP contribution in [0.3, 0.4) is 0 Å². The van der Waals surface area contributed by atoms with Gasteiger partial charge in [-0.25, -0.2) is 0 Å². The van der Waals surface area contributed by atoms with E-state index in [1.165, 1.54) is 0 Å². The van der Waals surface area contributed by atoms with Gasteiger partial charge in [-0.15, -0.1) is 0 Å². The topological polar surface area (TPSA) is 0 Å². The van der Waals surface area contributed by atoms with Gasteiger partial charge in [-0.2, -0.15) is 0 Å². The van der Waals surface area contributed by atoms with Crippen LogP contribution in [-0.4, -0.2) is 86.5 Å². The highest BCUT2D eigenvalue weighted by molar-refractivity contribution is 5.76. The normalized spacial score (nSPS) is 0. The molecular formula is AlMg3. The molecule has 0 heterocycles. The summed E-state index contributed by atoms with van der Waals surface area (Å²) in [7, 11) is 0. The second kappa shape index (κ2) is 17.0.